The summed E-state index contributed by atoms with van der Waals surface area (Å²) in [6.45, 7) is 8.53. The summed E-state index contributed by atoms with van der Waals surface area (Å²) in [5, 5.41) is 0. The van der Waals surface area contributed by atoms with Crippen LogP contribution in [0.1, 0.15) is 39.2 Å². The van der Waals surface area contributed by atoms with Crippen LogP contribution in [0.2, 0.25) is 0 Å². The van der Waals surface area contributed by atoms with E-state index in [0.29, 0.717) is 5.92 Å². The molecule has 1 fully saturated rings. The Kier molecular flexibility index (Phi) is 2.70. The lowest BCUT2D eigenvalue weighted by Crippen LogP contribution is -2.08. The van der Waals surface area contributed by atoms with E-state index in [1.807, 2.05) is 12.1 Å². The number of rotatable bonds is 3. The first-order valence-corrected chi connectivity index (χ1v) is 5.95. The molecule has 0 bridgehead atoms. The maximum Gasteiger partial charge on any atom is 0.123 e. The van der Waals surface area contributed by atoms with Gasteiger partial charge in [0.15, 0.2) is 0 Å². The van der Waals surface area contributed by atoms with Crippen molar-refractivity contribution in [1.82, 2.24) is 0 Å². The second-order valence-corrected chi connectivity index (χ2v) is 5.53. The number of hydrogen-bond donors (Lipinski definition) is 1. The summed E-state index contributed by atoms with van der Waals surface area (Å²) in [7, 11) is 0. The summed E-state index contributed by atoms with van der Waals surface area (Å²) in [5.74, 6) is 1.42. The van der Waals surface area contributed by atoms with Gasteiger partial charge in [-0.3, -0.25) is 0 Å². The van der Waals surface area contributed by atoms with E-state index in [1.165, 1.54) is 5.56 Å². The fraction of sp³-hybridized carbons (Fsp3) is 0.571. The van der Waals surface area contributed by atoms with Crippen LogP contribution in [-0.4, -0.2) is 12.1 Å². The summed E-state index contributed by atoms with van der Waals surface area (Å²) in [5.41, 5.74) is 7.58. The van der Waals surface area contributed by atoms with Gasteiger partial charge in [-0.25, -0.2) is 0 Å². The van der Waals surface area contributed by atoms with Crippen LogP contribution in [0, 0.1) is 5.41 Å². The maximum atomic E-state index is 6.12. The second kappa shape index (κ2) is 3.77. The lowest BCUT2D eigenvalue weighted by Gasteiger charge is -2.14. The van der Waals surface area contributed by atoms with Crippen LogP contribution in [0.3, 0.4) is 0 Å². The van der Waals surface area contributed by atoms with Crippen LogP contribution >= 0.6 is 0 Å². The SMILES string of the molecule is CC(C)Oc1ccccc1C1C(N)C1(C)C. The van der Waals surface area contributed by atoms with Crippen LogP contribution < -0.4 is 10.5 Å². The summed E-state index contributed by atoms with van der Waals surface area (Å²) in [4.78, 5) is 0. The molecule has 0 saturated heterocycles. The molecule has 0 aliphatic heterocycles. The predicted octanol–water partition coefficient (Wildman–Crippen LogP) is 2.92. The first kappa shape index (κ1) is 11.5. The molecule has 16 heavy (non-hydrogen) atoms. The fourth-order valence-corrected chi connectivity index (χ4v) is 2.37. The van der Waals surface area contributed by atoms with Crippen LogP contribution in [0.25, 0.3) is 0 Å². The highest BCUT2D eigenvalue weighted by Crippen LogP contribution is 2.59. The van der Waals surface area contributed by atoms with Crippen molar-refractivity contribution in [2.75, 3.05) is 0 Å². The fourth-order valence-electron chi connectivity index (χ4n) is 2.37. The average Bonchev–Trinajstić information content (AvgIpc) is 2.67. The molecule has 1 saturated carbocycles. The zero-order chi connectivity index (χ0) is 11.9. The Morgan fingerprint density at radius 3 is 2.31 bits per heavy atom. The molecule has 0 radical (unpaired) electrons. The van der Waals surface area contributed by atoms with E-state index in [1.54, 1.807) is 0 Å². The van der Waals surface area contributed by atoms with Gasteiger partial charge in [0.25, 0.3) is 0 Å². The van der Waals surface area contributed by atoms with Gasteiger partial charge in [0.1, 0.15) is 5.75 Å². The molecule has 0 spiro atoms. The van der Waals surface area contributed by atoms with Crippen LogP contribution in [0.4, 0.5) is 0 Å². The topological polar surface area (TPSA) is 35.2 Å². The van der Waals surface area contributed by atoms with Gasteiger partial charge >= 0.3 is 0 Å². The van der Waals surface area contributed by atoms with E-state index in [9.17, 15) is 0 Å². The number of benzene rings is 1. The molecule has 0 heterocycles. The molecule has 88 valence electrons. The Labute approximate surface area is 97.8 Å². The molecule has 1 aromatic rings. The largest absolute Gasteiger partial charge is 0.491 e. The van der Waals surface area contributed by atoms with Gasteiger partial charge in [-0.05, 0) is 30.9 Å². The quantitative estimate of drug-likeness (QED) is 0.848. The van der Waals surface area contributed by atoms with Crippen molar-refractivity contribution in [3.05, 3.63) is 29.8 Å². The smallest absolute Gasteiger partial charge is 0.123 e. The first-order valence-electron chi connectivity index (χ1n) is 5.95. The maximum absolute atomic E-state index is 6.12. The zero-order valence-corrected chi connectivity index (χ0v) is 10.5. The Balaban J connectivity index is 2.28. The number of nitrogens with two attached hydrogens (primary N) is 1. The van der Waals surface area contributed by atoms with Crippen molar-refractivity contribution >= 4 is 0 Å². The van der Waals surface area contributed by atoms with Crippen LogP contribution in [-0.2, 0) is 0 Å². The summed E-state index contributed by atoms with van der Waals surface area (Å²) >= 11 is 0. The van der Waals surface area contributed by atoms with Crippen molar-refractivity contribution in [3.8, 4) is 5.75 Å². The monoisotopic (exact) mass is 219 g/mol. The second-order valence-electron chi connectivity index (χ2n) is 5.53. The van der Waals surface area contributed by atoms with Gasteiger partial charge < -0.3 is 10.5 Å². The zero-order valence-electron chi connectivity index (χ0n) is 10.5. The molecule has 0 amide bonds. The lowest BCUT2D eigenvalue weighted by atomic mass is 10.0. The molecule has 0 aromatic heterocycles. The van der Waals surface area contributed by atoms with Crippen molar-refractivity contribution < 1.29 is 4.74 Å². The molecular weight excluding hydrogens is 198 g/mol. The first-order chi connectivity index (χ1) is 7.44. The molecule has 2 nitrogen and oxygen atoms in total. The highest BCUT2D eigenvalue weighted by Gasteiger charge is 2.57. The predicted molar refractivity (Wildman–Crippen MR) is 66.7 cm³/mol. The number of para-hydroxylation sites is 1. The Bertz CT molecular complexity index is 384. The highest BCUT2D eigenvalue weighted by atomic mass is 16.5. The summed E-state index contributed by atoms with van der Waals surface area (Å²) in [6, 6.07) is 8.50. The third-order valence-corrected chi connectivity index (χ3v) is 3.53. The van der Waals surface area contributed by atoms with Gasteiger partial charge in [-0.15, -0.1) is 0 Å². The highest BCUT2D eigenvalue weighted by molar-refractivity contribution is 5.44. The van der Waals surface area contributed by atoms with Crippen LogP contribution in [0.5, 0.6) is 5.75 Å². The van der Waals surface area contributed by atoms with E-state index in [4.69, 9.17) is 10.5 Å². The molecule has 2 atom stereocenters. The lowest BCUT2D eigenvalue weighted by molar-refractivity contribution is 0.239. The average molecular weight is 219 g/mol. The van der Waals surface area contributed by atoms with Gasteiger partial charge in [0.05, 0.1) is 6.10 Å². The third kappa shape index (κ3) is 1.82. The molecule has 2 rings (SSSR count). The molecule has 1 aliphatic carbocycles. The van der Waals surface area contributed by atoms with E-state index in [2.05, 4.69) is 39.8 Å². The summed E-state index contributed by atoms with van der Waals surface area (Å²) < 4.78 is 5.83. The van der Waals surface area contributed by atoms with Crippen LogP contribution in [0.15, 0.2) is 24.3 Å². The van der Waals surface area contributed by atoms with Gasteiger partial charge in [-0.1, -0.05) is 32.0 Å². The molecule has 2 heteroatoms. The Hall–Kier alpha value is -1.02. The molecule has 1 aromatic carbocycles. The molecule has 1 aliphatic rings. The van der Waals surface area contributed by atoms with Gasteiger partial charge in [0.2, 0.25) is 0 Å². The molecular formula is C14H21NO. The minimum Gasteiger partial charge on any atom is -0.491 e. The van der Waals surface area contributed by atoms with Gasteiger partial charge in [-0.2, -0.15) is 0 Å². The number of hydrogen-bond acceptors (Lipinski definition) is 2. The normalized spacial score (nSPS) is 26.9. The summed E-state index contributed by atoms with van der Waals surface area (Å²) in [6.07, 6.45) is 0.208. The van der Waals surface area contributed by atoms with Gasteiger partial charge in [0, 0.05) is 12.0 Å². The van der Waals surface area contributed by atoms with Crippen molar-refractivity contribution in [3.63, 3.8) is 0 Å². The van der Waals surface area contributed by atoms with E-state index >= 15 is 0 Å². The Morgan fingerprint density at radius 2 is 1.81 bits per heavy atom. The van der Waals surface area contributed by atoms with Crippen molar-refractivity contribution in [2.24, 2.45) is 11.1 Å². The number of ether oxygens (including phenoxy) is 1. The third-order valence-electron chi connectivity index (χ3n) is 3.53. The molecule has 2 N–H and O–H groups in total. The minimum atomic E-state index is 0.205. The van der Waals surface area contributed by atoms with E-state index in [0.717, 1.165) is 5.75 Å². The molecule has 2 unspecified atom stereocenters. The van der Waals surface area contributed by atoms with E-state index < -0.39 is 0 Å². The van der Waals surface area contributed by atoms with Crippen molar-refractivity contribution in [1.29, 1.82) is 0 Å². The van der Waals surface area contributed by atoms with E-state index in [-0.39, 0.29) is 17.6 Å². The standard InChI is InChI=1S/C14H21NO/c1-9(2)16-11-8-6-5-7-10(11)12-13(15)14(12,3)4/h5-9,12-13H,15H2,1-4H3. The minimum absolute atomic E-state index is 0.205. The van der Waals surface area contributed by atoms with Crippen molar-refractivity contribution in [2.45, 2.75) is 45.8 Å². The Morgan fingerprint density at radius 1 is 1.25 bits per heavy atom.